The first-order valence-electron chi connectivity index (χ1n) is 10.8. The Morgan fingerprint density at radius 1 is 0.700 bits per heavy atom. The monoisotopic (exact) mass is 394 g/mol. The van der Waals surface area contributed by atoms with Crippen LogP contribution in [0.2, 0.25) is 0 Å². The van der Waals surface area contributed by atoms with Gasteiger partial charge >= 0.3 is 0 Å². The van der Waals surface area contributed by atoms with Crippen LogP contribution in [0.5, 0.6) is 0 Å². The van der Waals surface area contributed by atoms with Gasteiger partial charge in [-0.05, 0) is 42.0 Å². The Hall–Kier alpha value is -3.13. The number of benzene rings is 3. The summed E-state index contributed by atoms with van der Waals surface area (Å²) in [6.07, 6.45) is 0. The van der Waals surface area contributed by atoms with Crippen molar-refractivity contribution in [1.82, 2.24) is 4.98 Å². The van der Waals surface area contributed by atoms with Crippen LogP contribution in [0.4, 0.5) is 11.4 Å². The second-order valence-corrected chi connectivity index (χ2v) is 8.69. The van der Waals surface area contributed by atoms with E-state index in [-0.39, 0.29) is 0 Å². The summed E-state index contributed by atoms with van der Waals surface area (Å²) in [6, 6.07) is 25.8. The lowest BCUT2D eigenvalue weighted by Crippen LogP contribution is -2.04. The molecule has 0 amide bonds. The van der Waals surface area contributed by atoms with E-state index in [2.05, 4.69) is 113 Å². The molecule has 0 spiro atoms. The maximum absolute atomic E-state index is 5.06. The number of hydrogen-bond donors (Lipinski definition) is 1. The smallest absolute Gasteiger partial charge is 0.0944 e. The molecule has 2 heteroatoms. The third kappa shape index (κ3) is 3.95. The number of fused-ring (bicyclic) bond motifs is 1. The largest absolute Gasteiger partial charge is 0.353 e. The van der Waals surface area contributed by atoms with Crippen LogP contribution in [0.1, 0.15) is 56.2 Å². The average Bonchev–Trinajstić information content (AvgIpc) is 2.74. The molecule has 2 nitrogen and oxygen atoms in total. The topological polar surface area (TPSA) is 24.9 Å². The minimum atomic E-state index is 0.442. The van der Waals surface area contributed by atoms with Gasteiger partial charge in [0.15, 0.2) is 0 Å². The van der Waals surface area contributed by atoms with Crippen molar-refractivity contribution < 1.29 is 0 Å². The molecule has 0 bridgehead atoms. The van der Waals surface area contributed by atoms with E-state index in [4.69, 9.17) is 4.98 Å². The van der Waals surface area contributed by atoms with Crippen LogP contribution < -0.4 is 5.32 Å². The van der Waals surface area contributed by atoms with E-state index in [1.807, 2.05) is 0 Å². The molecule has 0 saturated heterocycles. The molecule has 0 aliphatic rings. The third-order valence-corrected chi connectivity index (χ3v) is 5.70. The molecule has 0 aliphatic heterocycles. The number of aryl methyl sites for hydroxylation is 1. The number of rotatable bonds is 5. The molecule has 0 fully saturated rings. The van der Waals surface area contributed by atoms with Crippen LogP contribution in [0, 0.1) is 6.92 Å². The molecule has 0 radical (unpaired) electrons. The number of anilines is 2. The lowest BCUT2D eigenvalue weighted by Gasteiger charge is -2.21. The van der Waals surface area contributed by atoms with Crippen molar-refractivity contribution in [2.45, 2.75) is 46.5 Å². The van der Waals surface area contributed by atoms with Crippen LogP contribution >= 0.6 is 0 Å². The summed E-state index contributed by atoms with van der Waals surface area (Å²) in [5.41, 5.74) is 9.35. The summed E-state index contributed by atoms with van der Waals surface area (Å²) in [4.78, 5) is 5.06. The molecule has 1 aromatic heterocycles. The molecule has 4 rings (SSSR count). The number of pyridine rings is 1. The number of nitrogens with zero attached hydrogens (tertiary/aromatic N) is 1. The molecular weight excluding hydrogens is 364 g/mol. The summed E-state index contributed by atoms with van der Waals surface area (Å²) in [6.45, 7) is 11.1. The van der Waals surface area contributed by atoms with Gasteiger partial charge in [0.25, 0.3) is 0 Å². The first-order valence-corrected chi connectivity index (χ1v) is 10.8. The first-order chi connectivity index (χ1) is 14.4. The Bertz CT molecular complexity index is 1140. The second-order valence-electron chi connectivity index (χ2n) is 8.69. The van der Waals surface area contributed by atoms with E-state index in [0.29, 0.717) is 11.8 Å². The zero-order chi connectivity index (χ0) is 21.3. The fourth-order valence-corrected chi connectivity index (χ4v) is 3.96. The number of para-hydroxylation sites is 2. The first kappa shape index (κ1) is 20.2. The number of hydrogen-bond acceptors (Lipinski definition) is 2. The van der Waals surface area contributed by atoms with Crippen LogP contribution in [-0.4, -0.2) is 4.98 Å². The summed E-state index contributed by atoms with van der Waals surface area (Å²) >= 11 is 0. The van der Waals surface area contributed by atoms with Gasteiger partial charge in [0.05, 0.1) is 16.9 Å². The van der Waals surface area contributed by atoms with Gasteiger partial charge < -0.3 is 5.32 Å². The molecule has 0 atom stereocenters. The quantitative estimate of drug-likeness (QED) is 0.369. The van der Waals surface area contributed by atoms with Gasteiger partial charge in [-0.3, -0.25) is 0 Å². The highest BCUT2D eigenvalue weighted by molar-refractivity contribution is 5.94. The molecule has 1 heterocycles. The third-order valence-electron chi connectivity index (χ3n) is 5.70. The zero-order valence-electron chi connectivity index (χ0n) is 18.5. The molecule has 4 aromatic rings. The summed E-state index contributed by atoms with van der Waals surface area (Å²) < 4.78 is 0. The molecule has 0 saturated carbocycles. The molecule has 30 heavy (non-hydrogen) atoms. The van der Waals surface area contributed by atoms with E-state index in [1.165, 1.54) is 22.4 Å². The van der Waals surface area contributed by atoms with Crippen molar-refractivity contribution in [3.63, 3.8) is 0 Å². The Kier molecular flexibility index (Phi) is 5.59. The standard InChI is InChI=1S/C28H30N2/c1-18(2)23-9-7-10-24(19(3)4)28(23)30-26-11-6-8-22-16-17-25(29-27(22)26)21-14-12-20(5)13-15-21/h6-19,30H,1-5H3. The molecular formula is C28H30N2. The minimum absolute atomic E-state index is 0.442. The van der Waals surface area contributed by atoms with E-state index >= 15 is 0 Å². The van der Waals surface area contributed by atoms with E-state index in [0.717, 1.165) is 27.8 Å². The minimum Gasteiger partial charge on any atom is -0.353 e. The zero-order valence-corrected chi connectivity index (χ0v) is 18.5. The summed E-state index contributed by atoms with van der Waals surface area (Å²) in [5.74, 6) is 0.884. The molecule has 1 N–H and O–H groups in total. The lowest BCUT2D eigenvalue weighted by molar-refractivity contribution is 0.838. The maximum atomic E-state index is 5.06. The highest BCUT2D eigenvalue weighted by Crippen LogP contribution is 2.36. The molecule has 0 unspecified atom stereocenters. The van der Waals surface area contributed by atoms with Gasteiger partial charge in [0, 0.05) is 16.6 Å². The Balaban J connectivity index is 1.84. The molecule has 0 aliphatic carbocycles. The van der Waals surface area contributed by atoms with E-state index in [9.17, 15) is 0 Å². The average molecular weight is 395 g/mol. The van der Waals surface area contributed by atoms with Gasteiger partial charge in [-0.15, -0.1) is 0 Å². The van der Waals surface area contributed by atoms with E-state index in [1.54, 1.807) is 0 Å². The Morgan fingerprint density at radius 2 is 1.33 bits per heavy atom. The van der Waals surface area contributed by atoms with Crippen LogP contribution in [0.25, 0.3) is 22.2 Å². The van der Waals surface area contributed by atoms with Gasteiger partial charge in [0.1, 0.15) is 0 Å². The van der Waals surface area contributed by atoms with Crippen LogP contribution in [0.3, 0.4) is 0 Å². The van der Waals surface area contributed by atoms with Crippen LogP contribution in [-0.2, 0) is 0 Å². The fourth-order valence-electron chi connectivity index (χ4n) is 3.96. The van der Waals surface area contributed by atoms with Gasteiger partial charge in [-0.1, -0.05) is 93.9 Å². The summed E-state index contributed by atoms with van der Waals surface area (Å²) in [7, 11) is 0. The lowest BCUT2D eigenvalue weighted by atomic mass is 9.92. The van der Waals surface area contributed by atoms with Crippen molar-refractivity contribution in [2.24, 2.45) is 0 Å². The normalized spacial score (nSPS) is 11.4. The number of nitrogens with one attached hydrogen (secondary N) is 1. The van der Waals surface area contributed by atoms with Gasteiger partial charge in [-0.2, -0.15) is 0 Å². The highest BCUT2D eigenvalue weighted by Gasteiger charge is 2.15. The fraction of sp³-hybridized carbons (Fsp3) is 0.250. The van der Waals surface area contributed by atoms with Crippen molar-refractivity contribution in [2.75, 3.05) is 5.32 Å². The van der Waals surface area contributed by atoms with Crippen LogP contribution in [0.15, 0.2) is 72.8 Å². The maximum Gasteiger partial charge on any atom is 0.0944 e. The predicted octanol–water partition coefficient (Wildman–Crippen LogP) is 8.20. The van der Waals surface area contributed by atoms with Gasteiger partial charge in [-0.25, -0.2) is 4.98 Å². The SMILES string of the molecule is Cc1ccc(-c2ccc3cccc(Nc4c(C(C)C)cccc4C(C)C)c3n2)cc1. The van der Waals surface area contributed by atoms with Crippen molar-refractivity contribution >= 4 is 22.3 Å². The Labute approximate surface area is 180 Å². The predicted molar refractivity (Wildman–Crippen MR) is 130 cm³/mol. The molecule has 152 valence electrons. The second kappa shape index (κ2) is 8.31. The number of aromatic nitrogens is 1. The molecule has 3 aromatic carbocycles. The highest BCUT2D eigenvalue weighted by atomic mass is 14.9. The van der Waals surface area contributed by atoms with Crippen molar-refractivity contribution in [1.29, 1.82) is 0 Å². The van der Waals surface area contributed by atoms with Gasteiger partial charge in [0.2, 0.25) is 0 Å². The van der Waals surface area contributed by atoms with Crippen molar-refractivity contribution in [3.05, 3.63) is 89.5 Å². The summed E-state index contributed by atoms with van der Waals surface area (Å²) in [5, 5.41) is 4.91. The van der Waals surface area contributed by atoms with Crippen molar-refractivity contribution in [3.8, 4) is 11.3 Å². The Morgan fingerprint density at radius 3 is 1.97 bits per heavy atom. The van der Waals surface area contributed by atoms with E-state index < -0.39 is 0 Å².